The second-order valence-corrected chi connectivity index (χ2v) is 2.74. The lowest BCUT2D eigenvalue weighted by atomic mass is 10.3. The highest BCUT2D eigenvalue weighted by atomic mass is 16.7. The van der Waals surface area contributed by atoms with Crippen LogP contribution in [0.1, 0.15) is 26.7 Å². The highest BCUT2D eigenvalue weighted by Crippen LogP contribution is 2.03. The first kappa shape index (κ1) is 12.5. The lowest BCUT2D eigenvalue weighted by molar-refractivity contribution is -0.127. The van der Waals surface area contributed by atoms with Gasteiger partial charge in [0.15, 0.2) is 6.29 Å². The standard InChI is InChI=1S/C10H20O3/c1-5-12-10(3)13-8-6-7-9(2)11-4/h10H,2,5-8H2,1,3-4H3. The van der Waals surface area contributed by atoms with E-state index in [1.54, 1.807) is 7.11 Å². The third-order valence-corrected chi connectivity index (χ3v) is 1.64. The average Bonchev–Trinajstić information content (AvgIpc) is 2.12. The van der Waals surface area contributed by atoms with E-state index in [0.717, 1.165) is 18.6 Å². The lowest BCUT2D eigenvalue weighted by Gasteiger charge is -2.12. The zero-order valence-corrected chi connectivity index (χ0v) is 8.84. The molecule has 78 valence electrons. The molecule has 0 rings (SSSR count). The smallest absolute Gasteiger partial charge is 0.154 e. The summed E-state index contributed by atoms with van der Waals surface area (Å²) in [5.74, 6) is 0.799. The molecule has 0 spiro atoms. The van der Waals surface area contributed by atoms with Gasteiger partial charge in [-0.25, -0.2) is 0 Å². The van der Waals surface area contributed by atoms with Crippen LogP contribution in [0.4, 0.5) is 0 Å². The fraction of sp³-hybridized carbons (Fsp3) is 0.800. The summed E-state index contributed by atoms with van der Waals surface area (Å²) in [6.45, 7) is 8.94. The predicted molar refractivity (Wildman–Crippen MR) is 52.4 cm³/mol. The molecule has 0 aliphatic carbocycles. The van der Waals surface area contributed by atoms with Gasteiger partial charge in [0.25, 0.3) is 0 Å². The van der Waals surface area contributed by atoms with E-state index >= 15 is 0 Å². The quantitative estimate of drug-likeness (QED) is 0.332. The van der Waals surface area contributed by atoms with Gasteiger partial charge in [0.05, 0.1) is 19.5 Å². The Morgan fingerprint density at radius 2 is 2.08 bits per heavy atom. The van der Waals surface area contributed by atoms with Crippen LogP contribution in [-0.2, 0) is 14.2 Å². The summed E-state index contributed by atoms with van der Waals surface area (Å²) in [6.07, 6.45) is 1.65. The van der Waals surface area contributed by atoms with Crippen molar-refractivity contribution >= 4 is 0 Å². The molecule has 0 fully saturated rings. The fourth-order valence-corrected chi connectivity index (χ4v) is 0.904. The molecule has 3 nitrogen and oxygen atoms in total. The summed E-state index contributed by atoms with van der Waals surface area (Å²) in [4.78, 5) is 0. The maximum atomic E-state index is 5.36. The summed E-state index contributed by atoms with van der Waals surface area (Å²) in [6, 6.07) is 0. The Hall–Kier alpha value is -0.540. The van der Waals surface area contributed by atoms with Crippen LogP contribution in [0.2, 0.25) is 0 Å². The van der Waals surface area contributed by atoms with Gasteiger partial charge < -0.3 is 14.2 Å². The molecule has 3 heteroatoms. The first-order valence-corrected chi connectivity index (χ1v) is 4.65. The molecule has 0 heterocycles. The van der Waals surface area contributed by atoms with Crippen molar-refractivity contribution in [2.45, 2.75) is 33.0 Å². The molecular weight excluding hydrogens is 168 g/mol. The largest absolute Gasteiger partial charge is 0.502 e. The van der Waals surface area contributed by atoms with Gasteiger partial charge in [-0.1, -0.05) is 6.58 Å². The van der Waals surface area contributed by atoms with Crippen molar-refractivity contribution in [3.8, 4) is 0 Å². The molecule has 0 aromatic rings. The summed E-state index contributed by atoms with van der Waals surface area (Å²) < 4.78 is 15.5. The molecule has 13 heavy (non-hydrogen) atoms. The molecule has 0 aliphatic heterocycles. The van der Waals surface area contributed by atoms with E-state index in [4.69, 9.17) is 14.2 Å². The predicted octanol–water partition coefficient (Wildman–Crippen LogP) is 2.33. The van der Waals surface area contributed by atoms with Crippen LogP contribution >= 0.6 is 0 Å². The van der Waals surface area contributed by atoms with Crippen LogP contribution in [0.3, 0.4) is 0 Å². The van der Waals surface area contributed by atoms with Gasteiger partial charge in [-0.15, -0.1) is 0 Å². The second-order valence-electron chi connectivity index (χ2n) is 2.74. The summed E-state index contributed by atoms with van der Waals surface area (Å²) in [7, 11) is 1.63. The van der Waals surface area contributed by atoms with Gasteiger partial charge >= 0.3 is 0 Å². The van der Waals surface area contributed by atoms with Crippen LogP contribution in [0.15, 0.2) is 12.3 Å². The van der Waals surface area contributed by atoms with Crippen molar-refractivity contribution in [1.82, 2.24) is 0 Å². The molecule has 0 saturated carbocycles. The van der Waals surface area contributed by atoms with Crippen molar-refractivity contribution in [1.29, 1.82) is 0 Å². The molecule has 0 aromatic carbocycles. The van der Waals surface area contributed by atoms with E-state index in [1.807, 2.05) is 13.8 Å². The number of allylic oxidation sites excluding steroid dienone is 1. The molecule has 0 aromatic heterocycles. The molecule has 0 N–H and O–H groups in total. The number of ether oxygens (including phenoxy) is 3. The van der Waals surface area contributed by atoms with Gasteiger partial charge in [0.1, 0.15) is 0 Å². The van der Waals surface area contributed by atoms with E-state index in [2.05, 4.69) is 6.58 Å². The minimum absolute atomic E-state index is 0.110. The van der Waals surface area contributed by atoms with Crippen molar-refractivity contribution in [2.24, 2.45) is 0 Å². The van der Waals surface area contributed by atoms with E-state index in [1.165, 1.54) is 0 Å². The second kappa shape index (κ2) is 8.08. The van der Waals surface area contributed by atoms with E-state index in [9.17, 15) is 0 Å². The van der Waals surface area contributed by atoms with Crippen LogP contribution < -0.4 is 0 Å². The van der Waals surface area contributed by atoms with E-state index in [-0.39, 0.29) is 6.29 Å². The molecule has 0 bridgehead atoms. The molecule has 0 radical (unpaired) electrons. The van der Waals surface area contributed by atoms with E-state index < -0.39 is 0 Å². The Kier molecular flexibility index (Phi) is 7.74. The fourth-order valence-electron chi connectivity index (χ4n) is 0.904. The Morgan fingerprint density at radius 3 is 2.62 bits per heavy atom. The molecule has 0 saturated heterocycles. The molecule has 0 aliphatic rings. The Balaban J connectivity index is 3.20. The van der Waals surface area contributed by atoms with Gasteiger partial charge in [-0.05, 0) is 20.3 Å². The Labute approximate surface area is 80.7 Å². The Morgan fingerprint density at radius 1 is 1.38 bits per heavy atom. The lowest BCUT2D eigenvalue weighted by Crippen LogP contribution is -2.13. The first-order valence-electron chi connectivity index (χ1n) is 4.65. The monoisotopic (exact) mass is 188 g/mol. The van der Waals surface area contributed by atoms with E-state index in [0.29, 0.717) is 13.2 Å². The maximum Gasteiger partial charge on any atom is 0.154 e. The van der Waals surface area contributed by atoms with Gasteiger partial charge in [-0.2, -0.15) is 0 Å². The van der Waals surface area contributed by atoms with Gasteiger partial charge in [0, 0.05) is 13.0 Å². The van der Waals surface area contributed by atoms with Gasteiger partial charge in [0.2, 0.25) is 0 Å². The minimum Gasteiger partial charge on any atom is -0.502 e. The topological polar surface area (TPSA) is 27.7 Å². The van der Waals surface area contributed by atoms with Crippen molar-refractivity contribution in [2.75, 3.05) is 20.3 Å². The maximum absolute atomic E-state index is 5.36. The number of methoxy groups -OCH3 is 1. The normalized spacial score (nSPS) is 12.5. The third kappa shape index (κ3) is 7.81. The third-order valence-electron chi connectivity index (χ3n) is 1.64. The first-order chi connectivity index (χ1) is 6.20. The van der Waals surface area contributed by atoms with Crippen molar-refractivity contribution < 1.29 is 14.2 Å². The van der Waals surface area contributed by atoms with Crippen LogP contribution in [0.25, 0.3) is 0 Å². The summed E-state index contributed by atoms with van der Waals surface area (Å²) >= 11 is 0. The highest BCUT2D eigenvalue weighted by molar-refractivity contribution is 4.80. The van der Waals surface area contributed by atoms with Crippen molar-refractivity contribution in [3.63, 3.8) is 0 Å². The zero-order valence-electron chi connectivity index (χ0n) is 8.84. The minimum atomic E-state index is -0.110. The summed E-state index contributed by atoms with van der Waals surface area (Å²) in [5, 5.41) is 0. The van der Waals surface area contributed by atoms with Crippen LogP contribution in [0.5, 0.6) is 0 Å². The SMILES string of the molecule is C=C(CCCOC(C)OCC)OC. The zero-order chi connectivity index (χ0) is 10.1. The van der Waals surface area contributed by atoms with Crippen LogP contribution in [0, 0.1) is 0 Å². The number of hydrogen-bond acceptors (Lipinski definition) is 3. The molecular formula is C10H20O3. The number of rotatable bonds is 8. The molecule has 1 unspecified atom stereocenters. The molecule has 1 atom stereocenters. The number of hydrogen-bond donors (Lipinski definition) is 0. The van der Waals surface area contributed by atoms with Crippen molar-refractivity contribution in [3.05, 3.63) is 12.3 Å². The van der Waals surface area contributed by atoms with Gasteiger partial charge in [-0.3, -0.25) is 0 Å². The van der Waals surface area contributed by atoms with Crippen LogP contribution in [-0.4, -0.2) is 26.6 Å². The highest BCUT2D eigenvalue weighted by Gasteiger charge is 2.00. The molecule has 0 amide bonds. The average molecular weight is 188 g/mol. The summed E-state index contributed by atoms with van der Waals surface area (Å²) in [5.41, 5.74) is 0. The Bertz CT molecular complexity index is 134.